The summed E-state index contributed by atoms with van der Waals surface area (Å²) in [6, 6.07) is 7.93. The van der Waals surface area contributed by atoms with Gasteiger partial charge in [0.2, 0.25) is 5.91 Å². The molecule has 1 atom stereocenters. The quantitative estimate of drug-likeness (QED) is 0.790. The minimum atomic E-state index is -0.460. The number of likely N-dealkylation sites (tertiary alicyclic amines) is 1. The summed E-state index contributed by atoms with van der Waals surface area (Å²) < 4.78 is 0. The number of carbonyl (C=O) groups is 2. The van der Waals surface area contributed by atoms with Gasteiger partial charge in [0.15, 0.2) is 0 Å². The lowest BCUT2D eigenvalue weighted by Gasteiger charge is -2.36. The summed E-state index contributed by atoms with van der Waals surface area (Å²) in [6.45, 7) is 5.62. The molecule has 6 nitrogen and oxygen atoms in total. The first-order chi connectivity index (χ1) is 11.0. The van der Waals surface area contributed by atoms with Crippen molar-refractivity contribution in [3.63, 3.8) is 0 Å². The fraction of sp³-hybridized carbons (Fsp3) is 0.529. The van der Waals surface area contributed by atoms with Crippen LogP contribution in [0.5, 0.6) is 0 Å². The highest BCUT2D eigenvalue weighted by Crippen LogP contribution is 2.20. The summed E-state index contributed by atoms with van der Waals surface area (Å²) in [6.07, 6.45) is 1.96. The topological polar surface area (TPSA) is 73.5 Å². The number of imide groups is 1. The number of hydrogen-bond acceptors (Lipinski definition) is 4. The maximum atomic E-state index is 12.0. The molecule has 0 aliphatic carbocycles. The van der Waals surface area contributed by atoms with Gasteiger partial charge in [0.25, 0.3) is 0 Å². The molecule has 2 rings (SSSR count). The lowest BCUT2D eigenvalue weighted by Crippen LogP contribution is -2.52. The molecule has 0 bridgehead atoms. The number of anilines is 1. The number of para-hydroxylation sites is 1. The third-order valence-corrected chi connectivity index (χ3v) is 4.43. The number of aryl methyl sites for hydroxylation is 1. The van der Waals surface area contributed by atoms with E-state index in [2.05, 4.69) is 39.9 Å². The minimum absolute atomic E-state index is 0.255. The normalized spacial score (nSPS) is 17.3. The van der Waals surface area contributed by atoms with Crippen LogP contribution in [0, 0.1) is 6.92 Å². The first kappa shape index (κ1) is 17.3. The molecular weight excluding hydrogens is 292 g/mol. The van der Waals surface area contributed by atoms with Crippen molar-refractivity contribution in [2.24, 2.45) is 0 Å². The third-order valence-electron chi connectivity index (χ3n) is 4.43. The van der Waals surface area contributed by atoms with Crippen LogP contribution < -0.4 is 16.0 Å². The van der Waals surface area contributed by atoms with Crippen LogP contribution in [-0.2, 0) is 4.79 Å². The van der Waals surface area contributed by atoms with Gasteiger partial charge < -0.3 is 10.6 Å². The number of piperidine rings is 1. The van der Waals surface area contributed by atoms with Crippen molar-refractivity contribution < 1.29 is 9.59 Å². The summed E-state index contributed by atoms with van der Waals surface area (Å²) in [5.74, 6) is -0.255. The smallest absolute Gasteiger partial charge is 0.321 e. The molecule has 0 aromatic heterocycles. The van der Waals surface area contributed by atoms with E-state index in [-0.39, 0.29) is 11.9 Å². The Morgan fingerprint density at radius 2 is 1.87 bits per heavy atom. The highest BCUT2D eigenvalue weighted by molar-refractivity contribution is 5.96. The summed E-state index contributed by atoms with van der Waals surface area (Å²) in [7, 11) is 1.50. The van der Waals surface area contributed by atoms with Gasteiger partial charge in [-0.25, -0.2) is 4.79 Å². The number of carbonyl (C=O) groups excluding carboxylic acids is 2. The first-order valence-electron chi connectivity index (χ1n) is 8.10. The van der Waals surface area contributed by atoms with Gasteiger partial charge in [-0.05, 0) is 38.3 Å². The number of rotatable bonds is 4. The first-order valence-corrected chi connectivity index (χ1v) is 8.10. The molecule has 1 aliphatic heterocycles. The van der Waals surface area contributed by atoms with Crippen LogP contribution in [0.2, 0.25) is 0 Å². The fourth-order valence-electron chi connectivity index (χ4n) is 2.83. The van der Waals surface area contributed by atoms with Crippen molar-refractivity contribution in [2.75, 3.05) is 25.5 Å². The molecule has 1 aromatic rings. The van der Waals surface area contributed by atoms with Crippen LogP contribution in [0.3, 0.4) is 0 Å². The molecule has 1 aliphatic rings. The van der Waals surface area contributed by atoms with Gasteiger partial charge in [0.05, 0.1) is 6.04 Å². The highest BCUT2D eigenvalue weighted by atomic mass is 16.2. The molecule has 23 heavy (non-hydrogen) atoms. The van der Waals surface area contributed by atoms with Gasteiger partial charge >= 0.3 is 6.03 Å². The van der Waals surface area contributed by atoms with Gasteiger partial charge in [-0.3, -0.25) is 15.0 Å². The Morgan fingerprint density at radius 1 is 1.22 bits per heavy atom. The van der Waals surface area contributed by atoms with Gasteiger partial charge in [-0.15, -0.1) is 0 Å². The Hall–Kier alpha value is -2.08. The average molecular weight is 318 g/mol. The van der Waals surface area contributed by atoms with Crippen LogP contribution >= 0.6 is 0 Å². The predicted octanol–water partition coefficient (Wildman–Crippen LogP) is 1.72. The monoisotopic (exact) mass is 318 g/mol. The largest absolute Gasteiger partial charge is 0.382 e. The second kappa shape index (κ2) is 7.97. The van der Waals surface area contributed by atoms with E-state index >= 15 is 0 Å². The lowest BCUT2D eigenvalue weighted by molar-refractivity contribution is -0.125. The molecule has 0 spiro atoms. The average Bonchev–Trinajstić information content (AvgIpc) is 2.56. The Labute approximate surface area is 137 Å². The van der Waals surface area contributed by atoms with Crippen LogP contribution in [0.15, 0.2) is 24.3 Å². The highest BCUT2D eigenvalue weighted by Gasteiger charge is 2.27. The second-order valence-corrected chi connectivity index (χ2v) is 6.01. The van der Waals surface area contributed by atoms with Gasteiger partial charge in [-0.2, -0.15) is 0 Å². The molecule has 3 N–H and O–H groups in total. The zero-order valence-corrected chi connectivity index (χ0v) is 14.1. The number of amides is 3. The van der Waals surface area contributed by atoms with Crippen molar-refractivity contribution in [3.8, 4) is 0 Å². The molecule has 6 heteroatoms. The SMILES string of the molecule is CNC(=O)NC(=O)C(C)N1CCC(Nc2ccccc2C)CC1. The number of urea groups is 1. The molecule has 1 fully saturated rings. The molecule has 0 radical (unpaired) electrons. The van der Waals surface area contributed by atoms with Crippen molar-refractivity contribution >= 4 is 17.6 Å². The van der Waals surface area contributed by atoms with Crippen LogP contribution in [0.25, 0.3) is 0 Å². The maximum Gasteiger partial charge on any atom is 0.321 e. The van der Waals surface area contributed by atoms with E-state index in [0.717, 1.165) is 25.9 Å². The summed E-state index contributed by atoms with van der Waals surface area (Å²) in [5.41, 5.74) is 2.42. The predicted molar refractivity (Wildman–Crippen MR) is 91.5 cm³/mol. The molecule has 1 aromatic carbocycles. The summed E-state index contributed by atoms with van der Waals surface area (Å²) in [4.78, 5) is 25.3. The molecule has 126 valence electrons. The molecule has 1 heterocycles. The molecule has 0 saturated carbocycles. The standard InChI is InChI=1S/C17H26N4O2/c1-12-6-4-5-7-15(12)19-14-8-10-21(11-9-14)13(2)16(22)20-17(23)18-3/h4-7,13-14,19H,8-11H2,1-3H3,(H2,18,20,22,23). The minimum Gasteiger partial charge on any atom is -0.382 e. The van der Waals surface area contributed by atoms with Gasteiger partial charge in [0.1, 0.15) is 0 Å². The van der Waals surface area contributed by atoms with E-state index in [4.69, 9.17) is 0 Å². The number of nitrogens with zero attached hydrogens (tertiary/aromatic N) is 1. The number of nitrogens with one attached hydrogen (secondary N) is 3. The molecular formula is C17H26N4O2. The molecule has 1 saturated heterocycles. The zero-order chi connectivity index (χ0) is 16.8. The summed E-state index contributed by atoms with van der Waals surface area (Å²) >= 11 is 0. The van der Waals surface area contributed by atoms with Crippen LogP contribution in [0.4, 0.5) is 10.5 Å². The van der Waals surface area contributed by atoms with E-state index in [1.807, 2.05) is 19.1 Å². The van der Waals surface area contributed by atoms with Crippen LogP contribution in [0.1, 0.15) is 25.3 Å². The third kappa shape index (κ3) is 4.69. The van der Waals surface area contributed by atoms with E-state index < -0.39 is 6.03 Å². The van der Waals surface area contributed by atoms with Crippen LogP contribution in [-0.4, -0.2) is 49.1 Å². The maximum absolute atomic E-state index is 12.0. The van der Waals surface area contributed by atoms with Gasteiger partial charge in [-0.1, -0.05) is 18.2 Å². The lowest BCUT2D eigenvalue weighted by atomic mass is 10.0. The Balaban J connectivity index is 1.82. The van der Waals surface area contributed by atoms with Crippen molar-refractivity contribution in [3.05, 3.63) is 29.8 Å². The van der Waals surface area contributed by atoms with Gasteiger partial charge in [0, 0.05) is 31.9 Å². The summed E-state index contributed by atoms with van der Waals surface area (Å²) in [5, 5.41) is 8.32. The second-order valence-electron chi connectivity index (χ2n) is 6.01. The van der Waals surface area contributed by atoms with E-state index in [0.29, 0.717) is 6.04 Å². The van der Waals surface area contributed by atoms with Crippen molar-refractivity contribution in [1.29, 1.82) is 0 Å². The Morgan fingerprint density at radius 3 is 2.48 bits per heavy atom. The Bertz CT molecular complexity index is 553. The Kier molecular flexibility index (Phi) is 5.98. The molecule has 1 unspecified atom stereocenters. The number of benzene rings is 1. The molecule has 3 amide bonds. The number of hydrogen-bond donors (Lipinski definition) is 3. The van der Waals surface area contributed by atoms with Crippen molar-refractivity contribution in [2.45, 2.75) is 38.8 Å². The zero-order valence-electron chi connectivity index (χ0n) is 14.1. The van der Waals surface area contributed by atoms with E-state index in [1.54, 1.807) is 0 Å². The van der Waals surface area contributed by atoms with E-state index in [9.17, 15) is 9.59 Å². The fourth-order valence-corrected chi connectivity index (χ4v) is 2.83. The van der Waals surface area contributed by atoms with E-state index in [1.165, 1.54) is 18.3 Å². The van der Waals surface area contributed by atoms with Crippen molar-refractivity contribution in [1.82, 2.24) is 15.5 Å².